The van der Waals surface area contributed by atoms with Crippen molar-refractivity contribution >= 4 is 0 Å². The molecular weight excluding hydrogens is 240 g/mol. The van der Waals surface area contributed by atoms with Gasteiger partial charge in [-0.05, 0) is 18.4 Å². The highest BCUT2D eigenvalue weighted by molar-refractivity contribution is 5.24. The van der Waals surface area contributed by atoms with E-state index in [1.807, 2.05) is 30.3 Å². The van der Waals surface area contributed by atoms with Gasteiger partial charge in [0, 0.05) is 26.2 Å². The van der Waals surface area contributed by atoms with Crippen molar-refractivity contribution in [2.75, 3.05) is 33.4 Å². The van der Waals surface area contributed by atoms with Crippen LogP contribution < -0.4 is 5.73 Å². The molecule has 4 nitrogen and oxygen atoms in total. The molecule has 0 spiro atoms. The van der Waals surface area contributed by atoms with Crippen LogP contribution in [0.5, 0.6) is 0 Å². The Hall–Kier alpha value is -0.940. The molecule has 19 heavy (non-hydrogen) atoms. The summed E-state index contributed by atoms with van der Waals surface area (Å²) >= 11 is 0. The average molecular weight is 264 g/mol. The zero-order valence-electron chi connectivity index (χ0n) is 11.6. The molecule has 1 aliphatic carbocycles. The van der Waals surface area contributed by atoms with E-state index in [2.05, 4.69) is 4.90 Å². The largest absolute Gasteiger partial charge is 0.394 e. The molecule has 1 unspecified atom stereocenters. The van der Waals surface area contributed by atoms with Crippen molar-refractivity contribution in [2.24, 2.45) is 5.73 Å². The lowest BCUT2D eigenvalue weighted by Crippen LogP contribution is -2.51. The molecule has 3 N–H and O–H groups in total. The number of hydrogen-bond donors (Lipinski definition) is 2. The Morgan fingerprint density at radius 3 is 2.58 bits per heavy atom. The minimum absolute atomic E-state index is 0.0484. The van der Waals surface area contributed by atoms with Crippen LogP contribution in [0.15, 0.2) is 30.3 Å². The van der Waals surface area contributed by atoms with Crippen molar-refractivity contribution in [1.29, 1.82) is 0 Å². The first-order valence-electron chi connectivity index (χ1n) is 6.88. The van der Waals surface area contributed by atoms with E-state index in [1.54, 1.807) is 7.11 Å². The van der Waals surface area contributed by atoms with Crippen LogP contribution in [0.3, 0.4) is 0 Å². The lowest BCUT2D eigenvalue weighted by atomic mass is 9.91. The van der Waals surface area contributed by atoms with E-state index >= 15 is 0 Å². The third-order valence-electron chi connectivity index (χ3n) is 3.76. The lowest BCUT2D eigenvalue weighted by molar-refractivity contribution is 0.0997. The van der Waals surface area contributed by atoms with Gasteiger partial charge in [0.15, 0.2) is 0 Å². The third kappa shape index (κ3) is 3.76. The predicted molar refractivity (Wildman–Crippen MR) is 75.9 cm³/mol. The van der Waals surface area contributed by atoms with Crippen LogP contribution in [0, 0.1) is 0 Å². The minimum Gasteiger partial charge on any atom is -0.394 e. The molecule has 4 heteroatoms. The van der Waals surface area contributed by atoms with Crippen LogP contribution in [0.2, 0.25) is 0 Å². The normalized spacial score (nSPS) is 18.5. The van der Waals surface area contributed by atoms with Crippen molar-refractivity contribution in [3.05, 3.63) is 35.9 Å². The summed E-state index contributed by atoms with van der Waals surface area (Å²) < 4.78 is 5.16. The van der Waals surface area contributed by atoms with Gasteiger partial charge >= 0.3 is 0 Å². The fourth-order valence-electron chi connectivity index (χ4n) is 2.40. The zero-order valence-corrected chi connectivity index (χ0v) is 11.6. The quantitative estimate of drug-likeness (QED) is 0.734. The van der Waals surface area contributed by atoms with Gasteiger partial charge in [0.1, 0.15) is 0 Å². The summed E-state index contributed by atoms with van der Waals surface area (Å²) in [6.45, 7) is 2.19. The van der Waals surface area contributed by atoms with E-state index in [0.717, 1.165) is 12.1 Å². The maximum Gasteiger partial charge on any atom is 0.0773 e. The van der Waals surface area contributed by atoms with Gasteiger partial charge in [-0.1, -0.05) is 30.3 Å². The summed E-state index contributed by atoms with van der Waals surface area (Å²) in [6, 6.07) is 10.5. The number of benzene rings is 1. The van der Waals surface area contributed by atoms with E-state index in [9.17, 15) is 5.11 Å². The second-order valence-corrected chi connectivity index (χ2v) is 5.37. The average Bonchev–Trinajstić information content (AvgIpc) is 3.29. The summed E-state index contributed by atoms with van der Waals surface area (Å²) in [7, 11) is 1.71. The standard InChI is InChI=1S/C15H24N2O2/c1-19-10-9-17(14-7-8-14)11-15(16,12-18)13-5-3-2-4-6-13/h2-6,14,18H,7-12,16H2,1H3. The number of rotatable bonds is 8. The van der Waals surface area contributed by atoms with Crippen LogP contribution in [-0.4, -0.2) is 49.5 Å². The minimum atomic E-state index is -0.697. The van der Waals surface area contributed by atoms with Crippen LogP contribution in [0.4, 0.5) is 0 Å². The van der Waals surface area contributed by atoms with Gasteiger partial charge < -0.3 is 15.6 Å². The smallest absolute Gasteiger partial charge is 0.0773 e. The number of aliphatic hydroxyl groups is 1. The molecule has 0 radical (unpaired) electrons. The second-order valence-electron chi connectivity index (χ2n) is 5.37. The van der Waals surface area contributed by atoms with Gasteiger partial charge in [-0.15, -0.1) is 0 Å². The van der Waals surface area contributed by atoms with E-state index < -0.39 is 5.54 Å². The highest BCUT2D eigenvalue weighted by Gasteiger charge is 2.35. The van der Waals surface area contributed by atoms with E-state index in [4.69, 9.17) is 10.5 Å². The Kier molecular flexibility index (Phi) is 4.93. The lowest BCUT2D eigenvalue weighted by Gasteiger charge is -2.34. The summed E-state index contributed by atoms with van der Waals surface area (Å²) in [5.74, 6) is 0. The molecule has 1 aromatic rings. The van der Waals surface area contributed by atoms with Gasteiger partial charge in [-0.2, -0.15) is 0 Å². The molecule has 1 fully saturated rings. The second kappa shape index (κ2) is 6.48. The van der Waals surface area contributed by atoms with Crippen LogP contribution >= 0.6 is 0 Å². The van der Waals surface area contributed by atoms with E-state index in [-0.39, 0.29) is 6.61 Å². The molecule has 0 bridgehead atoms. The third-order valence-corrected chi connectivity index (χ3v) is 3.76. The predicted octanol–water partition coefficient (Wildman–Crippen LogP) is 0.944. The molecule has 0 saturated heterocycles. The van der Waals surface area contributed by atoms with Crippen molar-refractivity contribution in [3.63, 3.8) is 0 Å². The van der Waals surface area contributed by atoms with Crippen LogP contribution in [-0.2, 0) is 10.3 Å². The number of methoxy groups -OCH3 is 1. The first-order valence-corrected chi connectivity index (χ1v) is 6.88. The number of nitrogens with two attached hydrogens (primary N) is 1. The number of hydrogen-bond acceptors (Lipinski definition) is 4. The first-order chi connectivity index (χ1) is 9.19. The van der Waals surface area contributed by atoms with Crippen LogP contribution in [0.1, 0.15) is 18.4 Å². The maximum atomic E-state index is 9.73. The van der Waals surface area contributed by atoms with E-state index in [0.29, 0.717) is 19.2 Å². The monoisotopic (exact) mass is 264 g/mol. The van der Waals surface area contributed by atoms with Crippen LogP contribution in [0.25, 0.3) is 0 Å². The molecule has 1 aliphatic rings. The molecule has 0 amide bonds. The Labute approximate surface area is 115 Å². The Morgan fingerprint density at radius 1 is 1.37 bits per heavy atom. The topological polar surface area (TPSA) is 58.7 Å². The Morgan fingerprint density at radius 2 is 2.05 bits per heavy atom. The SMILES string of the molecule is COCCN(CC(N)(CO)c1ccccc1)C1CC1. The molecule has 0 heterocycles. The van der Waals surface area contributed by atoms with Gasteiger partial charge in [0.2, 0.25) is 0 Å². The van der Waals surface area contributed by atoms with Crippen molar-refractivity contribution in [3.8, 4) is 0 Å². The summed E-state index contributed by atoms with van der Waals surface area (Å²) in [6.07, 6.45) is 2.44. The van der Waals surface area contributed by atoms with Gasteiger partial charge in [0.25, 0.3) is 0 Å². The van der Waals surface area contributed by atoms with Gasteiger partial charge in [-0.3, -0.25) is 4.90 Å². The first kappa shape index (κ1) is 14.5. The summed E-state index contributed by atoms with van der Waals surface area (Å²) in [5, 5.41) is 9.73. The molecule has 1 atom stereocenters. The van der Waals surface area contributed by atoms with Gasteiger partial charge in [-0.25, -0.2) is 0 Å². The number of aliphatic hydroxyl groups excluding tert-OH is 1. The molecule has 0 aliphatic heterocycles. The number of ether oxygens (including phenoxy) is 1. The van der Waals surface area contributed by atoms with Crippen molar-refractivity contribution in [2.45, 2.75) is 24.4 Å². The molecule has 106 valence electrons. The summed E-state index contributed by atoms with van der Waals surface area (Å²) in [4.78, 5) is 2.34. The van der Waals surface area contributed by atoms with Gasteiger partial charge in [0.05, 0.1) is 18.8 Å². The molecule has 2 rings (SSSR count). The fourth-order valence-corrected chi connectivity index (χ4v) is 2.40. The zero-order chi connectivity index (χ0) is 13.7. The van der Waals surface area contributed by atoms with Crippen molar-refractivity contribution < 1.29 is 9.84 Å². The Balaban J connectivity index is 2.07. The highest BCUT2D eigenvalue weighted by atomic mass is 16.5. The molecule has 1 aromatic carbocycles. The fraction of sp³-hybridized carbons (Fsp3) is 0.600. The van der Waals surface area contributed by atoms with E-state index in [1.165, 1.54) is 12.8 Å². The maximum absolute atomic E-state index is 9.73. The van der Waals surface area contributed by atoms with Crippen molar-refractivity contribution in [1.82, 2.24) is 4.90 Å². The number of nitrogens with zero attached hydrogens (tertiary/aromatic N) is 1. The molecule has 1 saturated carbocycles. The molecular formula is C15H24N2O2. The summed E-state index contributed by atoms with van der Waals surface area (Å²) in [5.41, 5.74) is 6.71. The molecule has 0 aromatic heterocycles. The Bertz CT molecular complexity index is 381. The highest BCUT2D eigenvalue weighted by Crippen LogP contribution is 2.29.